The molecule has 0 saturated heterocycles. The molecule has 1 amide bonds. The lowest BCUT2D eigenvalue weighted by Crippen LogP contribution is -2.47. The first-order chi connectivity index (χ1) is 10.8. The minimum Gasteiger partial charge on any atom is -0.355 e. The summed E-state index contributed by atoms with van der Waals surface area (Å²) >= 11 is 1.85. The highest BCUT2D eigenvalue weighted by atomic mass is 32.1. The lowest BCUT2D eigenvalue weighted by molar-refractivity contribution is -0.123. The molecule has 118 valence electrons. The van der Waals surface area contributed by atoms with Crippen LogP contribution in [0.15, 0.2) is 24.3 Å². The maximum absolute atomic E-state index is 12.3. The van der Waals surface area contributed by atoms with Crippen molar-refractivity contribution in [1.82, 2.24) is 10.6 Å². The van der Waals surface area contributed by atoms with Crippen molar-refractivity contribution in [3.8, 4) is 0 Å². The number of unbranched alkanes of at least 4 members (excludes halogenated alkanes) is 3. The van der Waals surface area contributed by atoms with E-state index in [-0.39, 0.29) is 11.9 Å². The lowest BCUT2D eigenvalue weighted by Gasteiger charge is -2.23. The van der Waals surface area contributed by atoms with Crippen LogP contribution in [0.3, 0.4) is 0 Å². The SMILES string of the molecule is CCCCCCNC(=O)[C@H]1Cc2c(sc3ccccc23)CN1. The number of benzene rings is 1. The average molecular weight is 316 g/mol. The monoisotopic (exact) mass is 316 g/mol. The Bertz CT molecular complexity index is 650. The Labute approximate surface area is 136 Å². The van der Waals surface area contributed by atoms with Gasteiger partial charge in [0.15, 0.2) is 0 Å². The maximum Gasteiger partial charge on any atom is 0.237 e. The van der Waals surface area contributed by atoms with E-state index in [1.165, 1.54) is 39.8 Å². The molecule has 2 heterocycles. The van der Waals surface area contributed by atoms with E-state index in [0.29, 0.717) is 0 Å². The highest BCUT2D eigenvalue weighted by Crippen LogP contribution is 2.34. The van der Waals surface area contributed by atoms with Gasteiger partial charge >= 0.3 is 0 Å². The standard InChI is InChI=1S/C18H24N2OS/c1-2-3-4-7-10-19-18(21)15-11-14-13-8-5-6-9-16(13)22-17(14)12-20-15/h5-6,8-9,15,20H,2-4,7,10-12H2,1H3,(H,19,21)/t15-/m1/s1. The Kier molecular flexibility index (Phi) is 5.11. The van der Waals surface area contributed by atoms with Gasteiger partial charge in [-0.2, -0.15) is 0 Å². The second-order valence-corrected chi connectivity index (χ2v) is 7.13. The van der Waals surface area contributed by atoms with Crippen LogP contribution in [0.1, 0.15) is 43.0 Å². The van der Waals surface area contributed by atoms with Crippen molar-refractivity contribution in [2.45, 2.75) is 51.6 Å². The van der Waals surface area contributed by atoms with E-state index in [1.807, 2.05) is 11.3 Å². The maximum atomic E-state index is 12.3. The highest BCUT2D eigenvalue weighted by Gasteiger charge is 2.26. The zero-order valence-corrected chi connectivity index (χ0v) is 14.0. The number of carbonyl (C=O) groups excluding carboxylic acids is 1. The van der Waals surface area contributed by atoms with E-state index < -0.39 is 0 Å². The second-order valence-electron chi connectivity index (χ2n) is 5.99. The number of fused-ring (bicyclic) bond motifs is 3. The molecule has 22 heavy (non-hydrogen) atoms. The molecule has 1 atom stereocenters. The Balaban J connectivity index is 1.60. The number of nitrogens with one attached hydrogen (secondary N) is 2. The van der Waals surface area contributed by atoms with Gasteiger partial charge in [0.25, 0.3) is 0 Å². The zero-order chi connectivity index (χ0) is 15.4. The second kappa shape index (κ2) is 7.25. The predicted molar refractivity (Wildman–Crippen MR) is 93.3 cm³/mol. The van der Waals surface area contributed by atoms with Crippen molar-refractivity contribution in [2.75, 3.05) is 6.54 Å². The van der Waals surface area contributed by atoms with Crippen LogP contribution in [0, 0.1) is 0 Å². The summed E-state index contributed by atoms with van der Waals surface area (Å²) in [7, 11) is 0. The first-order valence-electron chi connectivity index (χ1n) is 8.30. The Morgan fingerprint density at radius 2 is 2.18 bits per heavy atom. The van der Waals surface area contributed by atoms with Crippen molar-refractivity contribution in [3.63, 3.8) is 0 Å². The third kappa shape index (κ3) is 3.33. The van der Waals surface area contributed by atoms with E-state index in [2.05, 4.69) is 41.8 Å². The zero-order valence-electron chi connectivity index (χ0n) is 13.2. The van der Waals surface area contributed by atoms with Gasteiger partial charge in [-0.25, -0.2) is 0 Å². The van der Waals surface area contributed by atoms with Crippen LogP contribution < -0.4 is 10.6 Å². The van der Waals surface area contributed by atoms with E-state index in [1.54, 1.807) is 0 Å². The Morgan fingerprint density at radius 3 is 3.05 bits per heavy atom. The molecule has 0 aliphatic carbocycles. The molecule has 0 saturated carbocycles. The number of thiophene rings is 1. The van der Waals surface area contributed by atoms with Gasteiger partial charge in [-0.05, 0) is 29.9 Å². The summed E-state index contributed by atoms with van der Waals surface area (Å²) in [6.07, 6.45) is 5.57. The minimum atomic E-state index is -0.0864. The highest BCUT2D eigenvalue weighted by molar-refractivity contribution is 7.19. The smallest absolute Gasteiger partial charge is 0.237 e. The molecule has 4 heteroatoms. The predicted octanol–water partition coefficient (Wildman–Crippen LogP) is 3.61. The van der Waals surface area contributed by atoms with Crippen LogP contribution in [-0.4, -0.2) is 18.5 Å². The van der Waals surface area contributed by atoms with Crippen LogP contribution in [-0.2, 0) is 17.8 Å². The summed E-state index contributed by atoms with van der Waals surface area (Å²) in [5, 5.41) is 7.79. The normalized spacial score (nSPS) is 17.4. The van der Waals surface area contributed by atoms with Crippen molar-refractivity contribution >= 4 is 27.3 Å². The molecule has 0 fully saturated rings. The molecule has 0 radical (unpaired) electrons. The van der Waals surface area contributed by atoms with Gasteiger partial charge < -0.3 is 10.6 Å². The largest absolute Gasteiger partial charge is 0.355 e. The topological polar surface area (TPSA) is 41.1 Å². The lowest BCUT2D eigenvalue weighted by atomic mass is 9.98. The summed E-state index contributed by atoms with van der Waals surface area (Å²) in [5.74, 6) is 0.150. The number of amides is 1. The van der Waals surface area contributed by atoms with Crippen LogP contribution in [0.25, 0.3) is 10.1 Å². The number of hydrogen-bond acceptors (Lipinski definition) is 3. The fraction of sp³-hybridized carbons (Fsp3) is 0.500. The summed E-state index contributed by atoms with van der Waals surface area (Å²) < 4.78 is 1.33. The molecule has 1 aliphatic heterocycles. The molecule has 1 aromatic heterocycles. The molecule has 0 bridgehead atoms. The fourth-order valence-corrected chi connectivity index (χ4v) is 4.27. The van der Waals surface area contributed by atoms with Gasteiger partial charge in [-0.15, -0.1) is 11.3 Å². The van der Waals surface area contributed by atoms with Crippen molar-refractivity contribution in [2.24, 2.45) is 0 Å². The molecule has 3 rings (SSSR count). The summed E-state index contributed by atoms with van der Waals surface area (Å²) in [5.41, 5.74) is 1.37. The summed E-state index contributed by atoms with van der Waals surface area (Å²) in [6, 6.07) is 8.42. The van der Waals surface area contributed by atoms with Crippen LogP contribution >= 0.6 is 11.3 Å². The molecular formula is C18H24N2OS. The number of hydrogen-bond donors (Lipinski definition) is 2. The van der Waals surface area contributed by atoms with Gasteiger partial charge in [0.05, 0.1) is 6.04 Å². The van der Waals surface area contributed by atoms with Crippen molar-refractivity contribution in [1.29, 1.82) is 0 Å². The number of carbonyl (C=O) groups is 1. The summed E-state index contributed by atoms with van der Waals surface area (Å²) in [6.45, 7) is 3.81. The average Bonchev–Trinajstić information content (AvgIpc) is 2.92. The molecular weight excluding hydrogens is 292 g/mol. The Morgan fingerprint density at radius 1 is 1.32 bits per heavy atom. The first-order valence-corrected chi connectivity index (χ1v) is 9.11. The van der Waals surface area contributed by atoms with E-state index in [9.17, 15) is 4.79 Å². The molecule has 0 spiro atoms. The van der Waals surface area contributed by atoms with E-state index >= 15 is 0 Å². The van der Waals surface area contributed by atoms with E-state index in [0.717, 1.165) is 25.9 Å². The van der Waals surface area contributed by atoms with Gasteiger partial charge in [-0.3, -0.25) is 4.79 Å². The van der Waals surface area contributed by atoms with Crippen LogP contribution in [0.4, 0.5) is 0 Å². The molecule has 2 N–H and O–H groups in total. The van der Waals surface area contributed by atoms with Crippen molar-refractivity contribution in [3.05, 3.63) is 34.7 Å². The molecule has 2 aromatic rings. The van der Waals surface area contributed by atoms with Crippen molar-refractivity contribution < 1.29 is 4.79 Å². The third-order valence-electron chi connectivity index (χ3n) is 4.35. The molecule has 1 aromatic carbocycles. The Hall–Kier alpha value is -1.39. The molecule has 3 nitrogen and oxygen atoms in total. The van der Waals surface area contributed by atoms with Gasteiger partial charge in [-0.1, -0.05) is 44.4 Å². The third-order valence-corrected chi connectivity index (χ3v) is 5.56. The van der Waals surface area contributed by atoms with Crippen LogP contribution in [0.5, 0.6) is 0 Å². The first kappa shape index (κ1) is 15.5. The summed E-state index contributed by atoms with van der Waals surface area (Å²) in [4.78, 5) is 13.7. The fourth-order valence-electron chi connectivity index (χ4n) is 3.08. The quantitative estimate of drug-likeness (QED) is 0.799. The van der Waals surface area contributed by atoms with Gasteiger partial charge in [0.1, 0.15) is 0 Å². The molecule has 0 unspecified atom stereocenters. The minimum absolute atomic E-state index is 0.0864. The van der Waals surface area contributed by atoms with Gasteiger partial charge in [0.2, 0.25) is 5.91 Å². The van der Waals surface area contributed by atoms with Gasteiger partial charge in [0, 0.05) is 22.7 Å². The van der Waals surface area contributed by atoms with Crippen LogP contribution in [0.2, 0.25) is 0 Å². The van der Waals surface area contributed by atoms with E-state index in [4.69, 9.17) is 0 Å². The number of rotatable bonds is 6. The molecule has 1 aliphatic rings.